The zero-order valence-electron chi connectivity index (χ0n) is 11.3. The molecule has 0 aliphatic rings. The molecule has 0 unspecified atom stereocenters. The molecule has 0 bridgehead atoms. The minimum absolute atomic E-state index is 0.103. The molecule has 0 aromatic heterocycles. The summed E-state index contributed by atoms with van der Waals surface area (Å²) in [4.78, 5) is 23.2. The van der Waals surface area contributed by atoms with E-state index < -0.39 is 11.9 Å². The van der Waals surface area contributed by atoms with Crippen molar-refractivity contribution in [2.24, 2.45) is 0 Å². The smallest absolute Gasteiger partial charge is 0.339 e. The number of carbonyl (C=O) groups is 2. The molecule has 0 aliphatic heterocycles. The van der Waals surface area contributed by atoms with Crippen LogP contribution in [-0.4, -0.2) is 19.0 Å². The first kappa shape index (κ1) is 15.1. The fourth-order valence-electron chi connectivity index (χ4n) is 1.71. The molecule has 0 spiro atoms. The van der Waals surface area contributed by atoms with E-state index in [0.717, 1.165) is 5.56 Å². The predicted octanol–water partition coefficient (Wildman–Crippen LogP) is 3.48. The van der Waals surface area contributed by atoms with Crippen molar-refractivity contribution in [2.45, 2.75) is 6.61 Å². The average Bonchev–Trinajstić information content (AvgIpc) is 2.52. The van der Waals surface area contributed by atoms with Gasteiger partial charge in [0.2, 0.25) is 0 Å². The van der Waals surface area contributed by atoms with Gasteiger partial charge in [0.05, 0.1) is 23.3 Å². The summed E-state index contributed by atoms with van der Waals surface area (Å²) in [6, 6.07) is 13.3. The second kappa shape index (κ2) is 6.90. The minimum atomic E-state index is -0.488. The van der Waals surface area contributed by atoms with Gasteiger partial charge in [-0.3, -0.25) is 0 Å². The summed E-state index contributed by atoms with van der Waals surface area (Å²) in [6.45, 7) is 0.103. The van der Waals surface area contributed by atoms with E-state index in [4.69, 9.17) is 16.3 Å². The number of ether oxygens (including phenoxy) is 2. The van der Waals surface area contributed by atoms with Crippen LogP contribution < -0.4 is 0 Å². The number of hydrogen-bond acceptors (Lipinski definition) is 4. The Morgan fingerprint density at radius 3 is 2.29 bits per heavy atom. The average molecular weight is 305 g/mol. The second-order valence-corrected chi connectivity index (χ2v) is 4.65. The third-order valence-electron chi connectivity index (χ3n) is 2.84. The van der Waals surface area contributed by atoms with Crippen LogP contribution in [0.3, 0.4) is 0 Å². The van der Waals surface area contributed by atoms with Crippen LogP contribution in [0.15, 0.2) is 48.5 Å². The van der Waals surface area contributed by atoms with Crippen molar-refractivity contribution in [2.75, 3.05) is 7.11 Å². The number of esters is 2. The van der Waals surface area contributed by atoms with Crippen LogP contribution in [0.4, 0.5) is 0 Å². The van der Waals surface area contributed by atoms with Gasteiger partial charge in [0.1, 0.15) is 6.61 Å². The van der Waals surface area contributed by atoms with Gasteiger partial charge in [0, 0.05) is 0 Å². The number of rotatable bonds is 4. The Balaban J connectivity index is 1.99. The molecule has 0 radical (unpaired) electrons. The number of halogens is 1. The van der Waals surface area contributed by atoms with Gasteiger partial charge in [-0.15, -0.1) is 0 Å². The fourth-order valence-corrected chi connectivity index (χ4v) is 1.92. The Labute approximate surface area is 127 Å². The Bertz CT molecular complexity index is 650. The molecule has 0 atom stereocenters. The van der Waals surface area contributed by atoms with E-state index >= 15 is 0 Å². The van der Waals surface area contributed by atoms with Crippen LogP contribution in [-0.2, 0) is 16.1 Å². The number of carbonyl (C=O) groups excluding carboxylic acids is 2. The van der Waals surface area contributed by atoms with Crippen LogP contribution in [0.1, 0.15) is 26.3 Å². The number of hydrogen-bond donors (Lipinski definition) is 0. The van der Waals surface area contributed by atoms with Crippen molar-refractivity contribution >= 4 is 23.5 Å². The lowest BCUT2D eigenvalue weighted by Gasteiger charge is -2.07. The lowest BCUT2D eigenvalue weighted by atomic mass is 10.1. The third-order valence-corrected chi connectivity index (χ3v) is 3.17. The summed E-state index contributed by atoms with van der Waals surface area (Å²) in [7, 11) is 1.32. The summed E-state index contributed by atoms with van der Waals surface area (Å²) in [5.74, 6) is -0.896. The lowest BCUT2D eigenvalue weighted by Crippen LogP contribution is -2.06. The molecule has 0 fully saturated rings. The van der Waals surface area contributed by atoms with Crippen LogP contribution in [0.2, 0.25) is 5.02 Å². The molecule has 5 heteroatoms. The second-order valence-electron chi connectivity index (χ2n) is 4.24. The maximum atomic E-state index is 11.9. The molecule has 4 nitrogen and oxygen atoms in total. The molecule has 2 aromatic carbocycles. The van der Waals surface area contributed by atoms with E-state index in [-0.39, 0.29) is 6.61 Å². The van der Waals surface area contributed by atoms with Gasteiger partial charge in [0.15, 0.2) is 0 Å². The predicted molar refractivity (Wildman–Crippen MR) is 78.4 cm³/mol. The highest BCUT2D eigenvalue weighted by Crippen LogP contribution is 2.16. The van der Waals surface area contributed by atoms with Crippen LogP contribution in [0.5, 0.6) is 0 Å². The normalized spacial score (nSPS) is 10.0. The molecule has 0 amide bonds. The molecular weight excluding hydrogens is 292 g/mol. The van der Waals surface area contributed by atoms with Crippen molar-refractivity contribution in [3.63, 3.8) is 0 Å². The Morgan fingerprint density at radius 2 is 1.67 bits per heavy atom. The van der Waals surface area contributed by atoms with E-state index in [1.165, 1.54) is 7.11 Å². The molecule has 0 aliphatic carbocycles. The van der Waals surface area contributed by atoms with Gasteiger partial charge in [-0.1, -0.05) is 35.9 Å². The van der Waals surface area contributed by atoms with Crippen molar-refractivity contribution in [1.82, 2.24) is 0 Å². The fraction of sp³-hybridized carbons (Fsp3) is 0.125. The third kappa shape index (κ3) is 3.83. The van der Waals surface area contributed by atoms with Crippen LogP contribution in [0, 0.1) is 0 Å². The maximum Gasteiger partial charge on any atom is 0.339 e. The van der Waals surface area contributed by atoms with Crippen molar-refractivity contribution < 1.29 is 19.1 Å². The van der Waals surface area contributed by atoms with E-state index in [1.807, 2.05) is 0 Å². The summed E-state index contributed by atoms with van der Waals surface area (Å²) in [5.41, 5.74) is 1.53. The van der Waals surface area contributed by atoms with Gasteiger partial charge >= 0.3 is 11.9 Å². The SMILES string of the molecule is COC(=O)c1ccc(COC(=O)c2ccccc2Cl)cc1. The summed E-state index contributed by atoms with van der Waals surface area (Å²) < 4.78 is 9.79. The largest absolute Gasteiger partial charge is 0.465 e. The standard InChI is InChI=1S/C16H13ClO4/c1-20-15(18)12-8-6-11(7-9-12)10-21-16(19)13-4-2-3-5-14(13)17/h2-9H,10H2,1H3. The molecule has 0 heterocycles. The maximum absolute atomic E-state index is 11.9. The Hall–Kier alpha value is -2.33. The first-order valence-electron chi connectivity index (χ1n) is 6.20. The van der Waals surface area contributed by atoms with E-state index in [0.29, 0.717) is 16.1 Å². The molecular formula is C16H13ClO4. The van der Waals surface area contributed by atoms with Gasteiger partial charge in [-0.2, -0.15) is 0 Å². The highest BCUT2D eigenvalue weighted by atomic mass is 35.5. The zero-order chi connectivity index (χ0) is 15.2. The molecule has 2 rings (SSSR count). The minimum Gasteiger partial charge on any atom is -0.465 e. The summed E-state index contributed by atoms with van der Waals surface area (Å²) >= 11 is 5.92. The molecule has 0 saturated heterocycles. The summed E-state index contributed by atoms with van der Waals surface area (Å²) in [6.07, 6.45) is 0. The highest BCUT2D eigenvalue weighted by Gasteiger charge is 2.11. The number of methoxy groups -OCH3 is 1. The van der Waals surface area contributed by atoms with E-state index in [9.17, 15) is 9.59 Å². The number of benzene rings is 2. The monoisotopic (exact) mass is 304 g/mol. The molecule has 2 aromatic rings. The van der Waals surface area contributed by atoms with Crippen molar-refractivity contribution in [1.29, 1.82) is 0 Å². The lowest BCUT2D eigenvalue weighted by molar-refractivity contribution is 0.0471. The molecule has 21 heavy (non-hydrogen) atoms. The molecule has 108 valence electrons. The van der Waals surface area contributed by atoms with Crippen molar-refractivity contribution in [3.8, 4) is 0 Å². The van der Waals surface area contributed by atoms with Gasteiger partial charge in [-0.25, -0.2) is 9.59 Å². The quantitative estimate of drug-likeness (QED) is 0.811. The van der Waals surface area contributed by atoms with Gasteiger partial charge in [0.25, 0.3) is 0 Å². The Morgan fingerprint density at radius 1 is 1.00 bits per heavy atom. The van der Waals surface area contributed by atoms with E-state index in [1.54, 1.807) is 48.5 Å². The summed E-state index contributed by atoms with van der Waals surface area (Å²) in [5, 5.41) is 0.350. The van der Waals surface area contributed by atoms with Gasteiger partial charge in [-0.05, 0) is 29.8 Å². The molecule has 0 saturated carbocycles. The topological polar surface area (TPSA) is 52.6 Å². The van der Waals surface area contributed by atoms with Crippen LogP contribution >= 0.6 is 11.6 Å². The van der Waals surface area contributed by atoms with Crippen molar-refractivity contribution in [3.05, 3.63) is 70.2 Å². The molecule has 0 N–H and O–H groups in total. The van der Waals surface area contributed by atoms with Crippen LogP contribution in [0.25, 0.3) is 0 Å². The first-order chi connectivity index (χ1) is 10.1. The highest BCUT2D eigenvalue weighted by molar-refractivity contribution is 6.33. The Kier molecular flexibility index (Phi) is 4.95. The zero-order valence-corrected chi connectivity index (χ0v) is 12.1. The first-order valence-corrected chi connectivity index (χ1v) is 6.58. The van der Waals surface area contributed by atoms with Gasteiger partial charge < -0.3 is 9.47 Å². The van der Waals surface area contributed by atoms with E-state index in [2.05, 4.69) is 4.74 Å².